The molecule has 86 valence electrons. The predicted octanol–water partition coefficient (Wildman–Crippen LogP) is 2.57. The molecular formula is C13H16O3. The van der Waals surface area contributed by atoms with Gasteiger partial charge in [0.25, 0.3) is 0 Å². The predicted molar refractivity (Wildman–Crippen MR) is 62.3 cm³/mol. The van der Waals surface area contributed by atoms with Gasteiger partial charge in [-0.2, -0.15) is 0 Å². The Morgan fingerprint density at radius 3 is 2.56 bits per heavy atom. The van der Waals surface area contributed by atoms with E-state index in [1.165, 1.54) is 0 Å². The van der Waals surface area contributed by atoms with Crippen LogP contribution in [0.15, 0.2) is 42.5 Å². The fourth-order valence-corrected chi connectivity index (χ4v) is 1.06. The topological polar surface area (TPSA) is 35.5 Å². The molecule has 0 aliphatic carbocycles. The maximum atomic E-state index is 11.2. The highest BCUT2D eigenvalue weighted by Gasteiger charge is 2.05. The summed E-state index contributed by atoms with van der Waals surface area (Å²) in [7, 11) is 0. The van der Waals surface area contributed by atoms with Gasteiger partial charge in [0.15, 0.2) is 0 Å². The minimum Gasteiger partial charge on any atom is -0.490 e. The average molecular weight is 220 g/mol. The van der Waals surface area contributed by atoms with E-state index in [2.05, 4.69) is 6.58 Å². The summed E-state index contributed by atoms with van der Waals surface area (Å²) in [5.41, 5.74) is 0.486. The summed E-state index contributed by atoms with van der Waals surface area (Å²) in [6.07, 6.45) is 0.609. The smallest absolute Gasteiger partial charge is 0.333 e. The minimum absolute atomic E-state index is 0.243. The van der Waals surface area contributed by atoms with E-state index in [0.717, 1.165) is 5.75 Å². The third-order valence-corrected chi connectivity index (χ3v) is 2.04. The highest BCUT2D eigenvalue weighted by atomic mass is 16.6. The lowest BCUT2D eigenvalue weighted by atomic mass is 10.2. The van der Waals surface area contributed by atoms with Crippen molar-refractivity contribution in [3.05, 3.63) is 42.5 Å². The van der Waals surface area contributed by atoms with Gasteiger partial charge in [0.2, 0.25) is 0 Å². The summed E-state index contributed by atoms with van der Waals surface area (Å²) in [6, 6.07) is 9.40. The van der Waals surface area contributed by atoms with Gasteiger partial charge in [0.05, 0.1) is 0 Å². The molecule has 0 spiro atoms. The number of ether oxygens (including phenoxy) is 2. The second kappa shape index (κ2) is 6.67. The first-order valence-corrected chi connectivity index (χ1v) is 5.26. The fourth-order valence-electron chi connectivity index (χ4n) is 1.06. The van der Waals surface area contributed by atoms with E-state index >= 15 is 0 Å². The molecule has 0 saturated carbocycles. The first-order chi connectivity index (χ1) is 7.74. The zero-order chi connectivity index (χ0) is 11.8. The van der Waals surface area contributed by atoms with Crippen LogP contribution in [-0.4, -0.2) is 19.2 Å². The number of rotatable bonds is 6. The van der Waals surface area contributed by atoms with Crippen LogP contribution in [0.25, 0.3) is 0 Å². The number of benzene rings is 1. The van der Waals surface area contributed by atoms with E-state index < -0.39 is 0 Å². The van der Waals surface area contributed by atoms with Crippen LogP contribution in [0.5, 0.6) is 5.75 Å². The van der Waals surface area contributed by atoms with Crippen molar-refractivity contribution in [3.8, 4) is 5.75 Å². The third-order valence-electron chi connectivity index (χ3n) is 2.04. The van der Waals surface area contributed by atoms with Crippen LogP contribution in [0.2, 0.25) is 0 Å². The summed E-state index contributed by atoms with van der Waals surface area (Å²) in [6.45, 7) is 6.06. The molecule has 0 bridgehead atoms. The lowest BCUT2D eigenvalue weighted by Crippen LogP contribution is -2.13. The van der Waals surface area contributed by atoms with Crippen molar-refractivity contribution in [2.45, 2.75) is 13.3 Å². The van der Waals surface area contributed by atoms with E-state index in [1.807, 2.05) is 37.3 Å². The molecule has 0 heterocycles. The second-order valence-electron chi connectivity index (χ2n) is 3.25. The molecule has 0 unspecified atom stereocenters. The van der Waals surface area contributed by atoms with Gasteiger partial charge in [0, 0.05) is 5.57 Å². The Bertz CT molecular complexity index is 343. The Labute approximate surface area is 95.7 Å². The van der Waals surface area contributed by atoms with Gasteiger partial charge >= 0.3 is 5.97 Å². The first-order valence-electron chi connectivity index (χ1n) is 5.26. The monoisotopic (exact) mass is 220 g/mol. The maximum absolute atomic E-state index is 11.2. The molecule has 0 atom stereocenters. The van der Waals surface area contributed by atoms with Crippen LogP contribution < -0.4 is 4.74 Å². The zero-order valence-corrected chi connectivity index (χ0v) is 9.44. The van der Waals surface area contributed by atoms with Crippen LogP contribution in [-0.2, 0) is 9.53 Å². The number of hydrogen-bond donors (Lipinski definition) is 0. The summed E-state index contributed by atoms with van der Waals surface area (Å²) in [4.78, 5) is 11.2. The van der Waals surface area contributed by atoms with Crippen molar-refractivity contribution >= 4 is 5.97 Å². The van der Waals surface area contributed by atoms with Crippen molar-refractivity contribution in [2.24, 2.45) is 0 Å². The molecule has 0 amide bonds. The molecule has 0 saturated heterocycles. The van der Waals surface area contributed by atoms with E-state index in [4.69, 9.17) is 9.47 Å². The van der Waals surface area contributed by atoms with E-state index in [1.54, 1.807) is 0 Å². The molecule has 0 aliphatic heterocycles. The molecule has 1 aromatic rings. The number of esters is 1. The number of carbonyl (C=O) groups excluding carboxylic acids is 1. The normalized spacial score (nSPS) is 9.56. The molecule has 0 N–H and O–H groups in total. The van der Waals surface area contributed by atoms with Crippen LogP contribution in [0.1, 0.15) is 13.3 Å². The van der Waals surface area contributed by atoms with Gasteiger partial charge in [-0.05, 0) is 18.6 Å². The van der Waals surface area contributed by atoms with E-state index in [-0.39, 0.29) is 12.6 Å². The molecule has 1 rings (SSSR count). The van der Waals surface area contributed by atoms with Crippen LogP contribution >= 0.6 is 0 Å². The quantitative estimate of drug-likeness (QED) is 0.420. The standard InChI is InChI=1S/C13H16O3/c1-3-11(2)13(14)16-10-9-15-12-7-5-4-6-8-12/h4-8H,2-3,9-10H2,1H3. The van der Waals surface area contributed by atoms with Crippen molar-refractivity contribution < 1.29 is 14.3 Å². The van der Waals surface area contributed by atoms with Gasteiger partial charge in [-0.1, -0.05) is 31.7 Å². The van der Waals surface area contributed by atoms with Crippen molar-refractivity contribution in [3.63, 3.8) is 0 Å². The average Bonchev–Trinajstić information content (AvgIpc) is 2.34. The second-order valence-corrected chi connectivity index (χ2v) is 3.25. The lowest BCUT2D eigenvalue weighted by molar-refractivity contribution is -0.139. The molecule has 0 aliphatic rings. The Balaban J connectivity index is 2.17. The minimum atomic E-state index is -0.348. The van der Waals surface area contributed by atoms with Crippen molar-refractivity contribution in [1.82, 2.24) is 0 Å². The van der Waals surface area contributed by atoms with Gasteiger partial charge in [-0.15, -0.1) is 0 Å². The molecule has 3 nitrogen and oxygen atoms in total. The van der Waals surface area contributed by atoms with Gasteiger partial charge in [-0.3, -0.25) is 0 Å². The van der Waals surface area contributed by atoms with Crippen LogP contribution in [0, 0.1) is 0 Å². The van der Waals surface area contributed by atoms with Crippen LogP contribution in [0.4, 0.5) is 0 Å². The number of carbonyl (C=O) groups is 1. The summed E-state index contributed by atoms with van der Waals surface area (Å²) < 4.78 is 10.3. The largest absolute Gasteiger partial charge is 0.490 e. The Morgan fingerprint density at radius 2 is 1.94 bits per heavy atom. The van der Waals surface area contributed by atoms with Crippen molar-refractivity contribution in [2.75, 3.05) is 13.2 Å². The molecule has 0 radical (unpaired) electrons. The van der Waals surface area contributed by atoms with Crippen molar-refractivity contribution in [1.29, 1.82) is 0 Å². The molecular weight excluding hydrogens is 204 g/mol. The number of hydrogen-bond acceptors (Lipinski definition) is 3. The summed E-state index contributed by atoms with van der Waals surface area (Å²) in [5.74, 6) is 0.423. The zero-order valence-electron chi connectivity index (χ0n) is 9.44. The molecule has 1 aromatic carbocycles. The lowest BCUT2D eigenvalue weighted by Gasteiger charge is -2.07. The van der Waals surface area contributed by atoms with Gasteiger partial charge in [0.1, 0.15) is 19.0 Å². The molecule has 3 heteroatoms. The summed E-state index contributed by atoms with van der Waals surface area (Å²) >= 11 is 0. The molecule has 16 heavy (non-hydrogen) atoms. The Kier molecular flexibility index (Phi) is 5.12. The van der Waals surface area contributed by atoms with Crippen LogP contribution in [0.3, 0.4) is 0 Å². The molecule has 0 fully saturated rings. The first kappa shape index (κ1) is 12.3. The fraction of sp³-hybridized carbons (Fsp3) is 0.308. The highest BCUT2D eigenvalue weighted by molar-refractivity contribution is 5.87. The van der Waals surface area contributed by atoms with E-state index in [9.17, 15) is 4.79 Å². The highest BCUT2D eigenvalue weighted by Crippen LogP contribution is 2.07. The van der Waals surface area contributed by atoms with Gasteiger partial charge in [-0.25, -0.2) is 4.79 Å². The Hall–Kier alpha value is -1.77. The maximum Gasteiger partial charge on any atom is 0.333 e. The van der Waals surface area contributed by atoms with Gasteiger partial charge < -0.3 is 9.47 Å². The number of para-hydroxylation sites is 1. The Morgan fingerprint density at radius 1 is 1.25 bits per heavy atom. The third kappa shape index (κ3) is 4.17. The van der Waals surface area contributed by atoms with E-state index in [0.29, 0.717) is 18.6 Å². The SMILES string of the molecule is C=C(CC)C(=O)OCCOc1ccccc1. The molecule has 0 aromatic heterocycles. The summed E-state index contributed by atoms with van der Waals surface area (Å²) in [5, 5.41) is 0.